The fourth-order valence-electron chi connectivity index (χ4n) is 3.33. The quantitative estimate of drug-likeness (QED) is 0.828. The molecular formula is C15H19FN2O3S. The first-order chi connectivity index (χ1) is 10.3. The van der Waals surface area contributed by atoms with Crippen molar-refractivity contribution in [3.63, 3.8) is 0 Å². The first kappa shape index (κ1) is 15.4. The zero-order valence-corrected chi connectivity index (χ0v) is 13.4. The van der Waals surface area contributed by atoms with E-state index < -0.39 is 21.9 Å². The van der Waals surface area contributed by atoms with E-state index in [1.807, 2.05) is 0 Å². The van der Waals surface area contributed by atoms with Crippen LogP contribution < -0.4 is 0 Å². The van der Waals surface area contributed by atoms with Gasteiger partial charge in [0.1, 0.15) is 11.9 Å². The molecule has 120 valence electrons. The van der Waals surface area contributed by atoms with E-state index in [0.29, 0.717) is 12.1 Å². The van der Waals surface area contributed by atoms with Crippen LogP contribution in [0, 0.1) is 12.7 Å². The van der Waals surface area contributed by atoms with Gasteiger partial charge in [-0.3, -0.25) is 4.79 Å². The second-order valence-electron chi connectivity index (χ2n) is 5.99. The molecule has 1 amide bonds. The summed E-state index contributed by atoms with van der Waals surface area (Å²) in [6.07, 6.45) is 1.71. The molecule has 1 aromatic rings. The maximum atomic E-state index is 13.5. The van der Waals surface area contributed by atoms with E-state index in [4.69, 9.17) is 0 Å². The van der Waals surface area contributed by atoms with Gasteiger partial charge in [0.05, 0.1) is 4.90 Å². The predicted molar refractivity (Wildman–Crippen MR) is 79.2 cm³/mol. The van der Waals surface area contributed by atoms with Crippen molar-refractivity contribution >= 4 is 15.9 Å². The molecule has 2 aliphatic heterocycles. The molecule has 3 rings (SSSR count). The highest BCUT2D eigenvalue weighted by Crippen LogP contribution is 2.31. The molecule has 1 aromatic carbocycles. The Morgan fingerprint density at radius 2 is 2.05 bits per heavy atom. The summed E-state index contributed by atoms with van der Waals surface area (Å²) in [6.45, 7) is 4.21. The van der Waals surface area contributed by atoms with Crippen molar-refractivity contribution in [1.82, 2.24) is 9.21 Å². The lowest BCUT2D eigenvalue weighted by Crippen LogP contribution is -2.59. The van der Waals surface area contributed by atoms with E-state index in [1.165, 1.54) is 16.4 Å². The molecule has 2 aliphatic rings. The van der Waals surface area contributed by atoms with Crippen molar-refractivity contribution in [3.05, 3.63) is 29.6 Å². The number of hydrogen-bond donors (Lipinski definition) is 0. The molecule has 0 spiro atoms. The number of amides is 1. The maximum absolute atomic E-state index is 13.5. The standard InChI is InChI=1S/C15H19FN2O3S/c1-10-5-6-12(16)8-14(10)22(20,21)18-9-13-4-3-7-17(13)15(19)11(18)2/h5-6,8,11,13H,3-4,7,9H2,1-2H3/t11-,13+/m1/s1. The van der Waals surface area contributed by atoms with Gasteiger partial charge in [-0.05, 0) is 44.4 Å². The van der Waals surface area contributed by atoms with E-state index in [-0.39, 0.29) is 23.4 Å². The Morgan fingerprint density at radius 1 is 1.32 bits per heavy atom. The number of rotatable bonds is 2. The van der Waals surface area contributed by atoms with Gasteiger partial charge in [-0.25, -0.2) is 12.8 Å². The lowest BCUT2D eigenvalue weighted by atomic mass is 10.1. The average molecular weight is 326 g/mol. The molecule has 2 atom stereocenters. The van der Waals surface area contributed by atoms with Gasteiger partial charge in [-0.15, -0.1) is 0 Å². The number of piperazine rings is 1. The highest BCUT2D eigenvalue weighted by atomic mass is 32.2. The van der Waals surface area contributed by atoms with Crippen LogP contribution in [0.25, 0.3) is 0 Å². The molecule has 0 unspecified atom stereocenters. The lowest BCUT2D eigenvalue weighted by molar-refractivity contribution is -0.139. The van der Waals surface area contributed by atoms with Gasteiger partial charge in [0.25, 0.3) is 0 Å². The molecule has 0 radical (unpaired) electrons. The van der Waals surface area contributed by atoms with Crippen molar-refractivity contribution in [2.75, 3.05) is 13.1 Å². The predicted octanol–water partition coefficient (Wildman–Crippen LogP) is 1.52. The number of nitrogens with zero attached hydrogens (tertiary/aromatic N) is 2. The van der Waals surface area contributed by atoms with Gasteiger partial charge in [0, 0.05) is 19.1 Å². The van der Waals surface area contributed by atoms with E-state index in [1.54, 1.807) is 18.7 Å². The van der Waals surface area contributed by atoms with Crippen molar-refractivity contribution < 1.29 is 17.6 Å². The number of hydrogen-bond acceptors (Lipinski definition) is 3. The molecular weight excluding hydrogens is 307 g/mol. The summed E-state index contributed by atoms with van der Waals surface area (Å²) in [5.74, 6) is -0.756. The summed E-state index contributed by atoms with van der Waals surface area (Å²) in [5, 5.41) is 0. The van der Waals surface area contributed by atoms with Crippen molar-refractivity contribution in [2.24, 2.45) is 0 Å². The largest absolute Gasteiger partial charge is 0.337 e. The number of benzene rings is 1. The fourth-order valence-corrected chi connectivity index (χ4v) is 5.19. The Balaban J connectivity index is 2.01. The Morgan fingerprint density at radius 3 is 2.77 bits per heavy atom. The Labute approximate surface area is 129 Å². The number of carbonyl (C=O) groups excluding carboxylic acids is 1. The molecule has 2 fully saturated rings. The van der Waals surface area contributed by atoms with Gasteiger partial charge in [-0.2, -0.15) is 4.31 Å². The van der Waals surface area contributed by atoms with Crippen LogP contribution in [-0.4, -0.2) is 48.7 Å². The molecule has 0 saturated carbocycles. The number of carbonyl (C=O) groups is 1. The van der Waals surface area contributed by atoms with Crippen LogP contribution >= 0.6 is 0 Å². The van der Waals surface area contributed by atoms with Crippen LogP contribution in [-0.2, 0) is 14.8 Å². The van der Waals surface area contributed by atoms with Gasteiger partial charge in [-0.1, -0.05) is 6.07 Å². The minimum absolute atomic E-state index is 0.0569. The van der Waals surface area contributed by atoms with Gasteiger partial charge >= 0.3 is 0 Å². The molecule has 0 N–H and O–H groups in total. The topological polar surface area (TPSA) is 57.7 Å². The molecule has 0 aliphatic carbocycles. The highest BCUT2D eigenvalue weighted by Gasteiger charge is 2.45. The maximum Gasteiger partial charge on any atom is 0.244 e. The van der Waals surface area contributed by atoms with Gasteiger partial charge < -0.3 is 4.90 Å². The average Bonchev–Trinajstić information content (AvgIpc) is 2.93. The highest BCUT2D eigenvalue weighted by molar-refractivity contribution is 7.89. The van der Waals surface area contributed by atoms with Gasteiger partial charge in [0.2, 0.25) is 15.9 Å². The zero-order valence-electron chi connectivity index (χ0n) is 12.6. The Bertz CT molecular complexity index is 719. The normalized spacial score (nSPS) is 26.3. The first-order valence-corrected chi connectivity index (χ1v) is 8.85. The number of halogens is 1. The molecule has 5 nitrogen and oxygen atoms in total. The van der Waals surface area contributed by atoms with Gasteiger partial charge in [0.15, 0.2) is 0 Å². The molecule has 0 aromatic heterocycles. The van der Waals surface area contributed by atoms with E-state index >= 15 is 0 Å². The smallest absolute Gasteiger partial charge is 0.244 e. The summed E-state index contributed by atoms with van der Waals surface area (Å²) < 4.78 is 40.5. The third-order valence-corrected chi connectivity index (χ3v) is 6.66. The minimum Gasteiger partial charge on any atom is -0.337 e. The SMILES string of the molecule is Cc1ccc(F)cc1S(=O)(=O)N1C[C@@H]2CCCN2C(=O)[C@H]1C. The number of aryl methyl sites for hydroxylation is 1. The monoisotopic (exact) mass is 326 g/mol. The summed E-state index contributed by atoms with van der Waals surface area (Å²) in [5.41, 5.74) is 0.481. The molecule has 22 heavy (non-hydrogen) atoms. The molecule has 7 heteroatoms. The van der Waals surface area contributed by atoms with Crippen LogP contribution in [0.4, 0.5) is 4.39 Å². The van der Waals surface area contributed by atoms with Crippen molar-refractivity contribution in [3.8, 4) is 0 Å². The second-order valence-corrected chi connectivity index (χ2v) is 7.85. The number of fused-ring (bicyclic) bond motifs is 1. The summed E-state index contributed by atoms with van der Waals surface area (Å²) >= 11 is 0. The molecule has 0 bridgehead atoms. The third kappa shape index (κ3) is 2.32. The first-order valence-electron chi connectivity index (χ1n) is 7.41. The Kier molecular flexibility index (Phi) is 3.72. The van der Waals surface area contributed by atoms with E-state index in [2.05, 4.69) is 0 Å². The molecule has 2 heterocycles. The fraction of sp³-hybridized carbons (Fsp3) is 0.533. The van der Waals surface area contributed by atoms with Crippen LogP contribution in [0.15, 0.2) is 23.1 Å². The van der Waals surface area contributed by atoms with Crippen molar-refractivity contribution in [2.45, 2.75) is 43.7 Å². The van der Waals surface area contributed by atoms with Crippen LogP contribution in [0.1, 0.15) is 25.3 Å². The summed E-state index contributed by atoms with van der Waals surface area (Å²) in [4.78, 5) is 14.1. The third-order valence-electron chi connectivity index (χ3n) is 4.58. The minimum atomic E-state index is -3.89. The van der Waals surface area contributed by atoms with Crippen molar-refractivity contribution in [1.29, 1.82) is 0 Å². The summed E-state index contributed by atoms with van der Waals surface area (Å²) in [7, 11) is -3.89. The van der Waals surface area contributed by atoms with Crippen LogP contribution in [0.5, 0.6) is 0 Å². The Hall–Kier alpha value is -1.47. The molecule has 2 saturated heterocycles. The summed E-state index contributed by atoms with van der Waals surface area (Å²) in [6, 6.07) is 2.90. The van der Waals surface area contributed by atoms with E-state index in [9.17, 15) is 17.6 Å². The lowest BCUT2D eigenvalue weighted by Gasteiger charge is -2.40. The van der Waals surface area contributed by atoms with Crippen LogP contribution in [0.3, 0.4) is 0 Å². The zero-order chi connectivity index (χ0) is 16.1. The van der Waals surface area contributed by atoms with E-state index in [0.717, 1.165) is 18.9 Å². The number of sulfonamides is 1. The second kappa shape index (κ2) is 5.31. The van der Waals surface area contributed by atoms with Crippen LogP contribution in [0.2, 0.25) is 0 Å².